The van der Waals surface area contributed by atoms with E-state index in [1.165, 1.54) is 0 Å². The normalized spacial score (nSPS) is 8.33. The van der Waals surface area contributed by atoms with Crippen LogP contribution in [0.4, 0.5) is 5.95 Å². The van der Waals surface area contributed by atoms with Crippen molar-refractivity contribution in [2.75, 3.05) is 5.32 Å². The average molecular weight is 167 g/mol. The van der Waals surface area contributed by atoms with Crippen LogP contribution in [0.5, 0.6) is 0 Å². The fraction of sp³-hybridized carbons (Fsp3) is 0.444. The molecular weight excluding hydrogens is 150 g/mol. The molecule has 0 saturated heterocycles. The topological polar surface area (TPSA) is 40.7 Å². The van der Waals surface area contributed by atoms with Gasteiger partial charge < -0.3 is 10.3 Å². The fourth-order valence-electron chi connectivity index (χ4n) is 0.678. The van der Waals surface area contributed by atoms with Gasteiger partial charge >= 0.3 is 0 Å². The zero-order valence-corrected chi connectivity index (χ0v) is 8.23. The lowest BCUT2D eigenvalue weighted by Gasteiger charge is -1.97. The van der Waals surface area contributed by atoms with Gasteiger partial charge in [0.2, 0.25) is 5.95 Å². The van der Waals surface area contributed by atoms with Gasteiger partial charge in [0, 0.05) is 17.6 Å². The third-order valence-corrected chi connectivity index (χ3v) is 1.03. The minimum absolute atomic E-state index is 0.755. The lowest BCUT2D eigenvalue weighted by Crippen LogP contribution is -1.94. The van der Waals surface area contributed by atoms with Crippen molar-refractivity contribution in [3.8, 4) is 0 Å². The number of rotatable bonds is 2. The number of aryl methyl sites for hydroxylation is 1. The van der Waals surface area contributed by atoms with E-state index in [1.807, 2.05) is 27.7 Å². The average Bonchev–Trinajstić information content (AvgIpc) is 2.39. The molecule has 0 fully saturated rings. The van der Waals surface area contributed by atoms with Crippen LogP contribution < -0.4 is 5.32 Å². The predicted octanol–water partition coefficient (Wildman–Crippen LogP) is 2.69. The Morgan fingerprint density at radius 3 is 2.50 bits per heavy atom. The molecule has 0 aliphatic heterocycles. The molecule has 0 saturated carbocycles. The Morgan fingerprint density at radius 2 is 2.17 bits per heavy atom. The van der Waals surface area contributed by atoms with Crippen molar-refractivity contribution in [2.45, 2.75) is 27.7 Å². The molecule has 0 amide bonds. The highest BCUT2D eigenvalue weighted by Crippen LogP contribution is 2.02. The van der Waals surface area contributed by atoms with E-state index in [9.17, 15) is 0 Å². The van der Waals surface area contributed by atoms with Gasteiger partial charge in [-0.1, -0.05) is 20.4 Å². The van der Waals surface area contributed by atoms with Crippen LogP contribution in [0, 0.1) is 6.92 Å². The lowest BCUT2D eigenvalue weighted by molar-refractivity contribution is 1.21. The lowest BCUT2D eigenvalue weighted by atomic mass is 10.6. The molecule has 0 aromatic carbocycles. The van der Waals surface area contributed by atoms with Gasteiger partial charge in [0.05, 0.1) is 0 Å². The Kier molecular flexibility index (Phi) is 4.84. The molecule has 0 spiro atoms. The number of allylic oxidation sites excluding steroid dienone is 1. The summed E-state index contributed by atoms with van der Waals surface area (Å²) in [4.78, 5) is 7.05. The number of hydrogen-bond acceptors (Lipinski definition) is 2. The fourth-order valence-corrected chi connectivity index (χ4v) is 0.678. The molecule has 0 aliphatic rings. The second-order valence-corrected chi connectivity index (χ2v) is 2.32. The third kappa shape index (κ3) is 3.81. The maximum Gasteiger partial charge on any atom is 0.204 e. The van der Waals surface area contributed by atoms with Crippen LogP contribution in [-0.4, -0.2) is 9.97 Å². The summed E-state index contributed by atoms with van der Waals surface area (Å²) in [6.07, 6.45) is 1.77. The predicted molar refractivity (Wildman–Crippen MR) is 53.1 cm³/mol. The van der Waals surface area contributed by atoms with E-state index in [4.69, 9.17) is 0 Å². The summed E-state index contributed by atoms with van der Waals surface area (Å²) in [5.74, 6) is 0.755. The van der Waals surface area contributed by atoms with Crippen molar-refractivity contribution in [1.82, 2.24) is 9.97 Å². The number of aromatic amines is 1. The highest BCUT2D eigenvalue weighted by atomic mass is 15.1. The Hall–Kier alpha value is -1.25. The first-order valence-corrected chi connectivity index (χ1v) is 4.12. The number of anilines is 1. The van der Waals surface area contributed by atoms with Crippen molar-refractivity contribution in [3.63, 3.8) is 0 Å². The van der Waals surface area contributed by atoms with Crippen molar-refractivity contribution in [3.05, 3.63) is 24.2 Å². The molecule has 12 heavy (non-hydrogen) atoms. The van der Waals surface area contributed by atoms with E-state index in [0.717, 1.165) is 17.3 Å². The largest absolute Gasteiger partial charge is 0.330 e. The van der Waals surface area contributed by atoms with Gasteiger partial charge in [-0.15, -0.1) is 0 Å². The smallest absolute Gasteiger partial charge is 0.204 e. The molecule has 0 unspecified atom stereocenters. The highest BCUT2D eigenvalue weighted by Gasteiger charge is 1.93. The number of nitrogens with one attached hydrogen (secondary N) is 2. The van der Waals surface area contributed by atoms with Gasteiger partial charge in [-0.2, -0.15) is 0 Å². The van der Waals surface area contributed by atoms with Crippen molar-refractivity contribution in [2.24, 2.45) is 0 Å². The van der Waals surface area contributed by atoms with E-state index in [2.05, 4.69) is 21.9 Å². The molecule has 3 heteroatoms. The van der Waals surface area contributed by atoms with Crippen molar-refractivity contribution in [1.29, 1.82) is 0 Å². The number of nitrogens with zero attached hydrogens (tertiary/aromatic N) is 1. The molecule has 1 aromatic heterocycles. The van der Waals surface area contributed by atoms with Crippen molar-refractivity contribution < 1.29 is 0 Å². The first-order chi connectivity index (χ1) is 5.68. The maximum absolute atomic E-state index is 4.03. The van der Waals surface area contributed by atoms with Gasteiger partial charge in [-0.05, 0) is 13.8 Å². The zero-order chi connectivity index (χ0) is 9.56. The van der Waals surface area contributed by atoms with Gasteiger partial charge in [-0.25, -0.2) is 4.98 Å². The Labute approximate surface area is 73.9 Å². The molecule has 3 nitrogen and oxygen atoms in total. The summed E-state index contributed by atoms with van der Waals surface area (Å²) < 4.78 is 0. The molecule has 0 bridgehead atoms. The SMILES string of the molecule is C=C(C)Nc1ncc(C)[nH]1.CC. The third-order valence-electron chi connectivity index (χ3n) is 1.03. The van der Waals surface area contributed by atoms with Gasteiger partial charge in [0.1, 0.15) is 0 Å². The van der Waals surface area contributed by atoms with Crippen LogP contribution in [0.25, 0.3) is 0 Å². The Bertz CT molecular complexity index is 238. The van der Waals surface area contributed by atoms with Crippen molar-refractivity contribution >= 4 is 5.95 Å². The molecule has 1 aromatic rings. The first-order valence-electron chi connectivity index (χ1n) is 4.12. The molecule has 0 radical (unpaired) electrons. The summed E-state index contributed by atoms with van der Waals surface area (Å²) in [6.45, 7) is 11.5. The second kappa shape index (κ2) is 5.41. The summed E-state index contributed by atoms with van der Waals surface area (Å²) in [5, 5.41) is 2.96. The molecule has 0 aliphatic carbocycles. The molecule has 68 valence electrons. The maximum atomic E-state index is 4.03. The minimum Gasteiger partial charge on any atom is -0.330 e. The molecule has 1 rings (SSSR count). The summed E-state index contributed by atoms with van der Waals surface area (Å²) in [5.41, 5.74) is 1.93. The number of hydrogen-bond donors (Lipinski definition) is 2. The van der Waals surface area contributed by atoms with Crippen LogP contribution >= 0.6 is 0 Å². The monoisotopic (exact) mass is 167 g/mol. The standard InChI is InChI=1S/C7H11N3.C2H6/c1-5(2)9-7-8-4-6(3)10-7;1-2/h4H,1H2,2-3H3,(H2,8,9,10);1-2H3. The number of imidazole rings is 1. The first kappa shape index (κ1) is 10.8. The van der Waals surface area contributed by atoms with E-state index in [-0.39, 0.29) is 0 Å². The van der Waals surface area contributed by atoms with Crippen LogP contribution in [0.15, 0.2) is 18.5 Å². The van der Waals surface area contributed by atoms with E-state index < -0.39 is 0 Å². The zero-order valence-electron chi connectivity index (χ0n) is 8.23. The highest BCUT2D eigenvalue weighted by molar-refractivity contribution is 5.32. The second-order valence-electron chi connectivity index (χ2n) is 2.32. The minimum atomic E-state index is 0.755. The van der Waals surface area contributed by atoms with E-state index in [0.29, 0.717) is 0 Å². The summed E-state index contributed by atoms with van der Waals surface area (Å²) >= 11 is 0. The van der Waals surface area contributed by atoms with Gasteiger partial charge in [0.15, 0.2) is 0 Å². The van der Waals surface area contributed by atoms with Gasteiger partial charge in [0.25, 0.3) is 0 Å². The van der Waals surface area contributed by atoms with E-state index >= 15 is 0 Å². The molecular formula is C9H17N3. The molecule has 2 N–H and O–H groups in total. The van der Waals surface area contributed by atoms with Gasteiger partial charge in [-0.3, -0.25) is 0 Å². The summed E-state index contributed by atoms with van der Waals surface area (Å²) in [6, 6.07) is 0. The van der Waals surface area contributed by atoms with Crippen LogP contribution in [0.3, 0.4) is 0 Å². The number of H-pyrrole nitrogens is 1. The van der Waals surface area contributed by atoms with Crippen LogP contribution in [0.2, 0.25) is 0 Å². The van der Waals surface area contributed by atoms with Crippen LogP contribution in [0.1, 0.15) is 26.5 Å². The molecule has 1 heterocycles. The Morgan fingerprint density at radius 1 is 1.58 bits per heavy atom. The van der Waals surface area contributed by atoms with Crippen LogP contribution in [-0.2, 0) is 0 Å². The summed E-state index contributed by atoms with van der Waals surface area (Å²) in [7, 11) is 0. The molecule has 0 atom stereocenters. The van der Waals surface area contributed by atoms with E-state index in [1.54, 1.807) is 6.20 Å². The number of aromatic nitrogens is 2. The Balaban J connectivity index is 0.000000561. The quantitative estimate of drug-likeness (QED) is 0.711.